The average molecular weight is 280 g/mol. The first kappa shape index (κ1) is 15.8. The van der Waals surface area contributed by atoms with Crippen LogP contribution in [0.4, 0.5) is 5.69 Å². The molecular weight excluding hydrogens is 260 g/mol. The van der Waals surface area contributed by atoms with E-state index in [1.54, 1.807) is 12.1 Å². The van der Waals surface area contributed by atoms with E-state index < -0.39 is 12.0 Å². The van der Waals surface area contributed by atoms with Crippen molar-refractivity contribution in [3.63, 3.8) is 0 Å². The number of methoxy groups -OCH3 is 2. The Balaban J connectivity index is 2.86. The highest BCUT2D eigenvalue weighted by atomic mass is 16.5. The monoisotopic (exact) mass is 280 g/mol. The molecule has 0 saturated heterocycles. The molecule has 1 aromatic rings. The minimum absolute atomic E-state index is 0.368. The van der Waals surface area contributed by atoms with E-state index in [-0.39, 0.29) is 5.91 Å². The molecule has 1 rings (SSSR count). The van der Waals surface area contributed by atoms with Gasteiger partial charge in [0.2, 0.25) is 0 Å². The van der Waals surface area contributed by atoms with Gasteiger partial charge < -0.3 is 20.5 Å². The van der Waals surface area contributed by atoms with Crippen LogP contribution in [0.1, 0.15) is 30.1 Å². The Kier molecular flexibility index (Phi) is 5.83. The Morgan fingerprint density at radius 3 is 2.60 bits per heavy atom. The van der Waals surface area contributed by atoms with Crippen LogP contribution in [0.15, 0.2) is 18.2 Å². The summed E-state index contributed by atoms with van der Waals surface area (Å²) in [6, 6.07) is 4.04. The molecular formula is C14H20N2O4. The first-order valence-corrected chi connectivity index (χ1v) is 6.35. The fraction of sp³-hybridized carbons (Fsp3) is 0.429. The zero-order chi connectivity index (χ0) is 15.1. The second-order valence-electron chi connectivity index (χ2n) is 4.29. The Morgan fingerprint density at radius 1 is 1.35 bits per heavy atom. The molecule has 1 unspecified atom stereocenters. The van der Waals surface area contributed by atoms with Gasteiger partial charge in [-0.2, -0.15) is 0 Å². The van der Waals surface area contributed by atoms with Gasteiger partial charge in [-0.05, 0) is 24.6 Å². The highest BCUT2D eigenvalue weighted by molar-refractivity contribution is 5.97. The van der Waals surface area contributed by atoms with Crippen molar-refractivity contribution in [3.8, 4) is 5.75 Å². The third-order valence-corrected chi connectivity index (χ3v) is 2.86. The summed E-state index contributed by atoms with van der Waals surface area (Å²) < 4.78 is 9.73. The molecule has 0 radical (unpaired) electrons. The lowest BCUT2D eigenvalue weighted by Crippen LogP contribution is -2.41. The Bertz CT molecular complexity index is 488. The number of rotatable bonds is 6. The Morgan fingerprint density at radius 2 is 2.05 bits per heavy atom. The normalized spacial score (nSPS) is 11.6. The summed E-state index contributed by atoms with van der Waals surface area (Å²) in [7, 11) is 2.77. The van der Waals surface area contributed by atoms with Crippen molar-refractivity contribution in [2.45, 2.75) is 25.8 Å². The highest BCUT2D eigenvalue weighted by Gasteiger charge is 2.21. The Hall–Kier alpha value is -2.24. The van der Waals surface area contributed by atoms with Crippen LogP contribution in [0, 0.1) is 0 Å². The van der Waals surface area contributed by atoms with Crippen LogP contribution in [0.25, 0.3) is 0 Å². The minimum atomic E-state index is -0.652. The maximum atomic E-state index is 12.1. The maximum Gasteiger partial charge on any atom is 0.328 e. The van der Waals surface area contributed by atoms with Gasteiger partial charge in [-0.1, -0.05) is 13.3 Å². The van der Waals surface area contributed by atoms with Gasteiger partial charge in [0.15, 0.2) is 0 Å². The van der Waals surface area contributed by atoms with Crippen molar-refractivity contribution in [3.05, 3.63) is 23.8 Å². The number of nitrogens with one attached hydrogen (secondary N) is 1. The van der Waals surface area contributed by atoms with Gasteiger partial charge in [0.1, 0.15) is 11.8 Å². The quantitative estimate of drug-likeness (QED) is 0.606. The molecule has 0 spiro atoms. The number of amides is 1. The molecule has 1 aromatic carbocycles. The van der Waals surface area contributed by atoms with Crippen LogP contribution >= 0.6 is 0 Å². The summed E-state index contributed by atoms with van der Waals surface area (Å²) in [5, 5.41) is 2.65. The minimum Gasteiger partial charge on any atom is -0.495 e. The lowest BCUT2D eigenvalue weighted by Gasteiger charge is -2.16. The van der Waals surface area contributed by atoms with E-state index in [0.717, 1.165) is 6.42 Å². The highest BCUT2D eigenvalue weighted by Crippen LogP contribution is 2.22. The molecule has 20 heavy (non-hydrogen) atoms. The van der Waals surface area contributed by atoms with E-state index in [1.165, 1.54) is 20.3 Å². The Labute approximate surface area is 118 Å². The number of hydrogen-bond acceptors (Lipinski definition) is 5. The molecule has 0 aromatic heterocycles. The fourth-order valence-electron chi connectivity index (χ4n) is 1.77. The zero-order valence-corrected chi connectivity index (χ0v) is 11.9. The van der Waals surface area contributed by atoms with Crippen molar-refractivity contribution in [2.24, 2.45) is 0 Å². The van der Waals surface area contributed by atoms with Gasteiger partial charge in [-0.3, -0.25) is 4.79 Å². The third-order valence-electron chi connectivity index (χ3n) is 2.86. The molecule has 0 bridgehead atoms. The molecule has 6 heteroatoms. The number of carbonyl (C=O) groups excluding carboxylic acids is 2. The second kappa shape index (κ2) is 7.37. The lowest BCUT2D eigenvalue weighted by molar-refractivity contribution is -0.143. The number of ether oxygens (including phenoxy) is 2. The van der Waals surface area contributed by atoms with Crippen molar-refractivity contribution >= 4 is 17.6 Å². The van der Waals surface area contributed by atoms with Gasteiger partial charge in [0, 0.05) is 5.56 Å². The molecule has 0 heterocycles. The molecule has 0 aliphatic rings. The molecule has 110 valence electrons. The second-order valence-corrected chi connectivity index (χ2v) is 4.29. The molecule has 1 amide bonds. The summed E-state index contributed by atoms with van der Waals surface area (Å²) in [4.78, 5) is 23.7. The van der Waals surface area contributed by atoms with Crippen LogP contribution in [0.3, 0.4) is 0 Å². The summed E-state index contributed by atoms with van der Waals surface area (Å²) in [6.07, 6.45) is 1.27. The van der Waals surface area contributed by atoms with Gasteiger partial charge >= 0.3 is 5.97 Å². The molecule has 0 aliphatic heterocycles. The number of anilines is 1. The standard InChI is InChI=1S/C14H20N2O4/c1-4-5-11(14(18)20-3)16-13(17)9-6-7-10(15)12(8-9)19-2/h6-8,11H,4-5,15H2,1-3H3,(H,16,17). The number of esters is 1. The molecule has 0 aliphatic carbocycles. The van der Waals surface area contributed by atoms with Crippen molar-refractivity contribution in [1.82, 2.24) is 5.32 Å². The van der Waals surface area contributed by atoms with Crippen molar-refractivity contribution in [1.29, 1.82) is 0 Å². The van der Waals surface area contributed by atoms with Crippen molar-refractivity contribution in [2.75, 3.05) is 20.0 Å². The van der Waals surface area contributed by atoms with E-state index in [1.807, 2.05) is 6.92 Å². The molecule has 1 atom stereocenters. The lowest BCUT2D eigenvalue weighted by atomic mass is 10.1. The summed E-state index contributed by atoms with van der Waals surface area (Å²) in [5.74, 6) is -0.405. The maximum absolute atomic E-state index is 12.1. The van der Waals surface area contributed by atoms with Crippen LogP contribution in [0.2, 0.25) is 0 Å². The van der Waals surface area contributed by atoms with Gasteiger partial charge in [0.25, 0.3) is 5.91 Å². The SMILES string of the molecule is CCCC(NC(=O)c1ccc(N)c(OC)c1)C(=O)OC. The van der Waals surface area contributed by atoms with E-state index >= 15 is 0 Å². The number of hydrogen-bond donors (Lipinski definition) is 2. The summed E-state index contributed by atoms with van der Waals surface area (Å²) >= 11 is 0. The van der Waals surface area contributed by atoms with E-state index in [9.17, 15) is 9.59 Å². The largest absolute Gasteiger partial charge is 0.495 e. The first-order chi connectivity index (χ1) is 9.53. The number of benzene rings is 1. The topological polar surface area (TPSA) is 90.7 Å². The molecule has 0 fully saturated rings. The zero-order valence-electron chi connectivity index (χ0n) is 11.9. The average Bonchev–Trinajstić information content (AvgIpc) is 2.46. The van der Waals surface area contributed by atoms with E-state index in [2.05, 4.69) is 10.1 Å². The number of nitrogens with two attached hydrogens (primary N) is 1. The van der Waals surface area contributed by atoms with Gasteiger partial charge in [-0.15, -0.1) is 0 Å². The van der Waals surface area contributed by atoms with E-state index in [4.69, 9.17) is 10.5 Å². The van der Waals surface area contributed by atoms with E-state index in [0.29, 0.717) is 23.4 Å². The van der Waals surface area contributed by atoms with Crippen LogP contribution in [-0.2, 0) is 9.53 Å². The smallest absolute Gasteiger partial charge is 0.328 e. The molecule has 0 saturated carbocycles. The fourth-order valence-corrected chi connectivity index (χ4v) is 1.77. The number of carbonyl (C=O) groups is 2. The third kappa shape index (κ3) is 3.88. The predicted octanol–water partition coefficient (Wildman–Crippen LogP) is 1.35. The van der Waals surface area contributed by atoms with Crippen LogP contribution < -0.4 is 15.8 Å². The molecule has 6 nitrogen and oxygen atoms in total. The number of nitrogen functional groups attached to an aromatic ring is 1. The molecule has 3 N–H and O–H groups in total. The van der Waals surface area contributed by atoms with Crippen LogP contribution in [-0.4, -0.2) is 32.1 Å². The van der Waals surface area contributed by atoms with Crippen LogP contribution in [0.5, 0.6) is 5.75 Å². The summed E-state index contributed by atoms with van der Waals surface area (Å²) in [5.41, 5.74) is 6.51. The summed E-state index contributed by atoms with van der Waals surface area (Å²) in [6.45, 7) is 1.92. The first-order valence-electron chi connectivity index (χ1n) is 6.35. The van der Waals surface area contributed by atoms with Gasteiger partial charge in [0.05, 0.1) is 19.9 Å². The van der Waals surface area contributed by atoms with Gasteiger partial charge in [-0.25, -0.2) is 4.79 Å². The predicted molar refractivity (Wildman–Crippen MR) is 75.6 cm³/mol. The van der Waals surface area contributed by atoms with Crippen molar-refractivity contribution < 1.29 is 19.1 Å².